The molecule has 1 atom stereocenters. The van der Waals surface area contributed by atoms with Crippen molar-refractivity contribution in [1.29, 1.82) is 0 Å². The number of hydrogen-bond donors (Lipinski definition) is 1. The molecule has 3 nitrogen and oxygen atoms in total. The standard InChI is InChI=1S/C22H34N2O/c1-16-10-11-20-19(12-16)17(2)13-22(3,4)24(20)21(25)15-23-14-18-8-6-5-7-9-18/h10-12,17-18,23H,5-9,13-15H2,1-4H3. The maximum Gasteiger partial charge on any atom is 0.241 e. The number of fused-ring (bicyclic) bond motifs is 1. The normalized spacial score (nSPS) is 23.4. The van der Waals surface area contributed by atoms with Crippen LogP contribution >= 0.6 is 0 Å². The quantitative estimate of drug-likeness (QED) is 0.854. The zero-order valence-corrected chi connectivity index (χ0v) is 16.4. The van der Waals surface area contributed by atoms with Crippen molar-refractivity contribution in [2.24, 2.45) is 5.92 Å². The summed E-state index contributed by atoms with van der Waals surface area (Å²) in [6.07, 6.45) is 7.73. The van der Waals surface area contributed by atoms with Crippen molar-refractivity contribution in [2.75, 3.05) is 18.0 Å². The van der Waals surface area contributed by atoms with E-state index in [2.05, 4.69) is 56.1 Å². The summed E-state index contributed by atoms with van der Waals surface area (Å²) < 4.78 is 0. The topological polar surface area (TPSA) is 32.3 Å². The maximum atomic E-state index is 13.1. The van der Waals surface area contributed by atoms with Crippen molar-refractivity contribution in [3.63, 3.8) is 0 Å². The van der Waals surface area contributed by atoms with Gasteiger partial charge < -0.3 is 10.2 Å². The summed E-state index contributed by atoms with van der Waals surface area (Å²) in [5.41, 5.74) is 3.57. The first-order valence-corrected chi connectivity index (χ1v) is 10.0. The fourth-order valence-corrected chi connectivity index (χ4v) is 4.87. The van der Waals surface area contributed by atoms with E-state index in [4.69, 9.17) is 0 Å². The molecule has 1 unspecified atom stereocenters. The van der Waals surface area contributed by atoms with Gasteiger partial charge in [-0.05, 0) is 70.0 Å². The Kier molecular flexibility index (Phi) is 5.52. The van der Waals surface area contributed by atoms with E-state index < -0.39 is 0 Å². The van der Waals surface area contributed by atoms with Gasteiger partial charge in [0.05, 0.1) is 6.54 Å². The van der Waals surface area contributed by atoms with Gasteiger partial charge in [-0.25, -0.2) is 0 Å². The third-order valence-electron chi connectivity index (χ3n) is 6.05. The van der Waals surface area contributed by atoms with Gasteiger partial charge >= 0.3 is 0 Å². The number of anilines is 1. The van der Waals surface area contributed by atoms with E-state index in [1.165, 1.54) is 43.2 Å². The van der Waals surface area contributed by atoms with E-state index in [0.29, 0.717) is 12.5 Å². The highest BCUT2D eigenvalue weighted by Crippen LogP contribution is 2.43. The summed E-state index contributed by atoms with van der Waals surface area (Å²) in [5.74, 6) is 1.45. The molecular weight excluding hydrogens is 308 g/mol. The van der Waals surface area contributed by atoms with Gasteiger partial charge in [-0.15, -0.1) is 0 Å². The van der Waals surface area contributed by atoms with Crippen LogP contribution < -0.4 is 10.2 Å². The number of nitrogens with zero attached hydrogens (tertiary/aromatic N) is 1. The molecule has 0 bridgehead atoms. The molecule has 1 aromatic rings. The minimum absolute atomic E-state index is 0.134. The number of amides is 1. The summed E-state index contributed by atoms with van der Waals surface area (Å²) in [4.78, 5) is 15.1. The molecule has 3 heteroatoms. The van der Waals surface area contributed by atoms with Crippen LogP contribution in [0.3, 0.4) is 0 Å². The molecule has 25 heavy (non-hydrogen) atoms. The molecule has 1 N–H and O–H groups in total. The lowest BCUT2D eigenvalue weighted by Crippen LogP contribution is -2.54. The van der Waals surface area contributed by atoms with Gasteiger partial charge in [0.2, 0.25) is 5.91 Å². The molecule has 1 amide bonds. The van der Waals surface area contributed by atoms with E-state index in [-0.39, 0.29) is 11.4 Å². The molecule has 0 spiro atoms. The summed E-state index contributed by atoms with van der Waals surface area (Å²) >= 11 is 0. The highest BCUT2D eigenvalue weighted by molar-refractivity contribution is 5.97. The second-order valence-corrected chi connectivity index (χ2v) is 8.84. The zero-order valence-electron chi connectivity index (χ0n) is 16.4. The van der Waals surface area contributed by atoms with Gasteiger partial charge in [0, 0.05) is 11.2 Å². The van der Waals surface area contributed by atoms with Gasteiger partial charge in [-0.3, -0.25) is 4.79 Å². The molecule has 1 saturated carbocycles. The Morgan fingerprint density at radius 2 is 1.96 bits per heavy atom. The summed E-state index contributed by atoms with van der Waals surface area (Å²) in [6, 6.07) is 6.52. The Balaban J connectivity index is 1.70. The second kappa shape index (κ2) is 7.49. The van der Waals surface area contributed by atoms with E-state index in [0.717, 1.165) is 24.6 Å². The molecule has 138 valence electrons. The molecule has 0 saturated heterocycles. The van der Waals surface area contributed by atoms with Crippen LogP contribution in [0.4, 0.5) is 5.69 Å². The van der Waals surface area contributed by atoms with Gasteiger partial charge in [0.1, 0.15) is 0 Å². The fraction of sp³-hybridized carbons (Fsp3) is 0.682. The first-order valence-electron chi connectivity index (χ1n) is 10.0. The van der Waals surface area contributed by atoms with Crippen LogP contribution in [0, 0.1) is 12.8 Å². The predicted molar refractivity (Wildman–Crippen MR) is 105 cm³/mol. The Labute approximate surface area is 153 Å². The van der Waals surface area contributed by atoms with Crippen LogP contribution in [0.15, 0.2) is 18.2 Å². The van der Waals surface area contributed by atoms with Crippen molar-refractivity contribution in [3.05, 3.63) is 29.3 Å². The highest BCUT2D eigenvalue weighted by Gasteiger charge is 2.39. The molecule has 1 heterocycles. The number of carbonyl (C=O) groups is 1. The Hall–Kier alpha value is -1.35. The van der Waals surface area contributed by atoms with Crippen LogP contribution in [-0.2, 0) is 4.79 Å². The average molecular weight is 343 g/mol. The highest BCUT2D eigenvalue weighted by atomic mass is 16.2. The lowest BCUT2D eigenvalue weighted by molar-refractivity contribution is -0.119. The number of carbonyl (C=O) groups excluding carboxylic acids is 1. The first-order chi connectivity index (χ1) is 11.9. The summed E-state index contributed by atoms with van der Waals surface area (Å²) in [6.45, 7) is 10.2. The fourth-order valence-electron chi connectivity index (χ4n) is 4.87. The lowest BCUT2D eigenvalue weighted by Gasteiger charge is -2.46. The van der Waals surface area contributed by atoms with Crippen molar-refractivity contribution >= 4 is 11.6 Å². The Morgan fingerprint density at radius 1 is 1.24 bits per heavy atom. The molecule has 0 radical (unpaired) electrons. The number of rotatable bonds is 4. The van der Waals surface area contributed by atoms with Crippen LogP contribution in [0.2, 0.25) is 0 Å². The van der Waals surface area contributed by atoms with Crippen LogP contribution in [0.25, 0.3) is 0 Å². The first kappa shape index (κ1) is 18.4. The largest absolute Gasteiger partial charge is 0.308 e. The van der Waals surface area contributed by atoms with Gasteiger partial charge in [-0.1, -0.05) is 43.9 Å². The second-order valence-electron chi connectivity index (χ2n) is 8.84. The molecule has 2 aliphatic rings. The summed E-state index contributed by atoms with van der Waals surface area (Å²) in [5, 5.41) is 3.45. The van der Waals surface area contributed by atoms with Crippen molar-refractivity contribution < 1.29 is 4.79 Å². The Morgan fingerprint density at radius 3 is 2.68 bits per heavy atom. The number of hydrogen-bond acceptors (Lipinski definition) is 2. The molecule has 1 aromatic carbocycles. The minimum Gasteiger partial charge on any atom is -0.308 e. The zero-order chi connectivity index (χ0) is 18.0. The SMILES string of the molecule is Cc1ccc2c(c1)C(C)CC(C)(C)N2C(=O)CNCC1CCCCC1. The minimum atomic E-state index is -0.134. The molecule has 3 rings (SSSR count). The summed E-state index contributed by atoms with van der Waals surface area (Å²) in [7, 11) is 0. The third-order valence-corrected chi connectivity index (χ3v) is 6.05. The van der Waals surface area contributed by atoms with Gasteiger partial charge in [0.25, 0.3) is 0 Å². The van der Waals surface area contributed by atoms with Crippen molar-refractivity contribution in [2.45, 2.75) is 77.7 Å². The predicted octanol–water partition coefficient (Wildman–Crippen LogP) is 4.78. The molecule has 1 aliphatic carbocycles. The van der Waals surface area contributed by atoms with Crippen molar-refractivity contribution in [1.82, 2.24) is 5.32 Å². The third kappa shape index (κ3) is 4.08. The van der Waals surface area contributed by atoms with Crippen LogP contribution in [0.1, 0.15) is 76.3 Å². The maximum absolute atomic E-state index is 13.1. The van der Waals surface area contributed by atoms with Gasteiger partial charge in [0.15, 0.2) is 0 Å². The number of aryl methyl sites for hydroxylation is 1. The van der Waals surface area contributed by atoms with E-state index in [1.54, 1.807) is 0 Å². The van der Waals surface area contributed by atoms with E-state index in [9.17, 15) is 4.79 Å². The average Bonchev–Trinajstić information content (AvgIpc) is 2.56. The van der Waals surface area contributed by atoms with Gasteiger partial charge in [-0.2, -0.15) is 0 Å². The number of benzene rings is 1. The molecular formula is C22H34N2O. The monoisotopic (exact) mass is 342 g/mol. The van der Waals surface area contributed by atoms with E-state index in [1.807, 2.05) is 0 Å². The lowest BCUT2D eigenvalue weighted by atomic mass is 9.79. The van der Waals surface area contributed by atoms with Crippen molar-refractivity contribution in [3.8, 4) is 0 Å². The van der Waals surface area contributed by atoms with Crippen LogP contribution in [0.5, 0.6) is 0 Å². The Bertz CT molecular complexity index is 616. The molecule has 1 aliphatic heterocycles. The molecule has 0 aromatic heterocycles. The van der Waals surface area contributed by atoms with Crippen LogP contribution in [-0.4, -0.2) is 24.5 Å². The smallest absolute Gasteiger partial charge is 0.241 e. The van der Waals surface area contributed by atoms with E-state index >= 15 is 0 Å². The molecule has 1 fully saturated rings. The number of nitrogens with one attached hydrogen (secondary N) is 1.